The quantitative estimate of drug-likeness (QED) is 0.771. The van der Waals surface area contributed by atoms with Gasteiger partial charge in [0.15, 0.2) is 0 Å². The Morgan fingerprint density at radius 1 is 0.962 bits per heavy atom. The Hall–Kier alpha value is -1.86. The summed E-state index contributed by atoms with van der Waals surface area (Å²) in [5.74, 6) is 0. The van der Waals surface area contributed by atoms with Gasteiger partial charge in [0.1, 0.15) is 0 Å². The molecule has 0 radical (unpaired) electrons. The minimum absolute atomic E-state index is 0.0618. The Morgan fingerprint density at radius 3 is 2.12 bits per heavy atom. The third kappa shape index (κ3) is 4.86. The molecule has 0 spiro atoms. The van der Waals surface area contributed by atoms with Crippen LogP contribution in [0.15, 0.2) is 53.4 Å². The molecule has 0 heterocycles. The van der Waals surface area contributed by atoms with E-state index in [1.807, 2.05) is 0 Å². The Bertz CT molecular complexity index is 857. The summed E-state index contributed by atoms with van der Waals surface area (Å²) in [6.45, 7) is 5.99. The molecule has 0 saturated carbocycles. The monoisotopic (exact) mass is 385 g/mol. The van der Waals surface area contributed by atoms with Crippen molar-refractivity contribution in [3.63, 3.8) is 0 Å². The number of sulfonamides is 1. The lowest BCUT2D eigenvalue weighted by Crippen LogP contribution is -2.24. The van der Waals surface area contributed by atoms with Crippen molar-refractivity contribution in [3.8, 4) is 0 Å². The lowest BCUT2D eigenvalue weighted by molar-refractivity contribution is -0.137. The van der Waals surface area contributed by atoms with Crippen molar-refractivity contribution in [2.24, 2.45) is 0 Å². The molecule has 2 aromatic carbocycles. The first-order valence-corrected chi connectivity index (χ1v) is 9.70. The van der Waals surface area contributed by atoms with Gasteiger partial charge in [-0.25, -0.2) is 13.1 Å². The van der Waals surface area contributed by atoms with Crippen LogP contribution in [-0.2, 0) is 28.2 Å². The lowest BCUT2D eigenvalue weighted by Gasteiger charge is -2.23. The number of hydrogen-bond donors (Lipinski definition) is 1. The highest BCUT2D eigenvalue weighted by Crippen LogP contribution is 2.30. The van der Waals surface area contributed by atoms with E-state index in [0.717, 1.165) is 24.1 Å². The average Bonchev–Trinajstić information content (AvgIpc) is 2.60. The van der Waals surface area contributed by atoms with E-state index in [0.29, 0.717) is 0 Å². The molecule has 142 valence electrons. The van der Waals surface area contributed by atoms with E-state index in [4.69, 9.17) is 0 Å². The van der Waals surface area contributed by atoms with Crippen molar-refractivity contribution in [1.82, 2.24) is 4.72 Å². The standard InChI is InChI=1S/C19H22F3NO2S/c1-4-18(2,3)15-8-10-17(11-9-15)26(24,25)23-13-14-6-5-7-16(12-14)19(20,21)22/h5-12,23H,4,13H2,1-3H3. The summed E-state index contributed by atoms with van der Waals surface area (Å²) < 4.78 is 65.3. The summed E-state index contributed by atoms with van der Waals surface area (Å²) in [5.41, 5.74) is 0.401. The molecule has 0 aliphatic carbocycles. The van der Waals surface area contributed by atoms with E-state index < -0.39 is 21.8 Å². The molecule has 2 rings (SSSR count). The Morgan fingerprint density at radius 2 is 1.58 bits per heavy atom. The molecule has 0 amide bonds. The summed E-state index contributed by atoms with van der Waals surface area (Å²) >= 11 is 0. The van der Waals surface area contributed by atoms with Crippen LogP contribution in [0.2, 0.25) is 0 Å². The molecule has 3 nitrogen and oxygen atoms in total. The fourth-order valence-corrected chi connectivity index (χ4v) is 3.43. The van der Waals surface area contributed by atoms with Gasteiger partial charge in [0.2, 0.25) is 10.0 Å². The molecule has 0 aliphatic heterocycles. The molecule has 26 heavy (non-hydrogen) atoms. The topological polar surface area (TPSA) is 46.2 Å². The zero-order valence-corrected chi connectivity index (χ0v) is 15.7. The third-order valence-electron chi connectivity index (χ3n) is 4.55. The van der Waals surface area contributed by atoms with Crippen molar-refractivity contribution in [3.05, 3.63) is 65.2 Å². The van der Waals surface area contributed by atoms with Gasteiger partial charge in [-0.2, -0.15) is 13.2 Å². The number of hydrogen-bond acceptors (Lipinski definition) is 2. The molecule has 0 fully saturated rings. The molecular weight excluding hydrogens is 363 g/mol. The number of rotatable bonds is 6. The minimum atomic E-state index is -4.46. The van der Waals surface area contributed by atoms with Gasteiger partial charge in [0.05, 0.1) is 10.5 Å². The zero-order valence-electron chi connectivity index (χ0n) is 14.9. The van der Waals surface area contributed by atoms with Crippen molar-refractivity contribution >= 4 is 10.0 Å². The highest BCUT2D eigenvalue weighted by atomic mass is 32.2. The number of halogens is 3. The van der Waals surface area contributed by atoms with E-state index in [2.05, 4.69) is 25.5 Å². The van der Waals surface area contributed by atoms with Gasteiger partial charge >= 0.3 is 6.18 Å². The molecule has 0 unspecified atom stereocenters. The fraction of sp³-hybridized carbons (Fsp3) is 0.368. The van der Waals surface area contributed by atoms with E-state index in [1.165, 1.54) is 24.3 Å². The molecule has 0 aliphatic rings. The average molecular weight is 385 g/mol. The van der Waals surface area contributed by atoms with Gasteiger partial charge in [-0.1, -0.05) is 51.1 Å². The zero-order chi connectivity index (χ0) is 19.6. The highest BCUT2D eigenvalue weighted by molar-refractivity contribution is 7.89. The van der Waals surface area contributed by atoms with Crippen LogP contribution in [0.1, 0.15) is 43.9 Å². The van der Waals surface area contributed by atoms with Gasteiger partial charge in [0.25, 0.3) is 0 Å². The molecule has 7 heteroatoms. The van der Waals surface area contributed by atoms with Crippen molar-refractivity contribution in [1.29, 1.82) is 0 Å². The highest BCUT2D eigenvalue weighted by Gasteiger charge is 2.30. The van der Waals surface area contributed by atoms with Crippen LogP contribution in [0.25, 0.3) is 0 Å². The normalized spacial score (nSPS) is 13.0. The molecule has 0 saturated heterocycles. The second-order valence-corrected chi connectivity index (χ2v) is 8.55. The van der Waals surface area contributed by atoms with Crippen LogP contribution >= 0.6 is 0 Å². The molecule has 2 aromatic rings. The largest absolute Gasteiger partial charge is 0.416 e. The minimum Gasteiger partial charge on any atom is -0.207 e. The molecular formula is C19H22F3NO2S. The first kappa shape index (κ1) is 20.5. The van der Waals surface area contributed by atoms with Crippen LogP contribution in [0, 0.1) is 0 Å². The Balaban J connectivity index is 2.14. The summed E-state index contributed by atoms with van der Waals surface area (Å²) in [6.07, 6.45) is -3.55. The Labute approximate surface area is 152 Å². The Kier molecular flexibility index (Phi) is 5.82. The predicted molar refractivity (Wildman–Crippen MR) is 95.2 cm³/mol. The van der Waals surface area contributed by atoms with Gasteiger partial charge in [0, 0.05) is 6.54 Å². The van der Waals surface area contributed by atoms with Crippen molar-refractivity contribution in [2.75, 3.05) is 0 Å². The summed E-state index contributed by atoms with van der Waals surface area (Å²) in [7, 11) is -3.81. The smallest absolute Gasteiger partial charge is 0.207 e. The fourth-order valence-electron chi connectivity index (χ4n) is 2.41. The van der Waals surface area contributed by atoms with Gasteiger partial charge in [-0.05, 0) is 41.2 Å². The molecule has 1 N–H and O–H groups in total. The van der Waals surface area contributed by atoms with Gasteiger partial charge < -0.3 is 0 Å². The van der Waals surface area contributed by atoms with Crippen LogP contribution in [-0.4, -0.2) is 8.42 Å². The van der Waals surface area contributed by atoms with Crippen LogP contribution in [0.5, 0.6) is 0 Å². The molecule has 0 bridgehead atoms. The molecule has 0 aromatic heterocycles. The summed E-state index contributed by atoms with van der Waals surface area (Å²) in [5, 5.41) is 0. The van der Waals surface area contributed by atoms with Crippen molar-refractivity contribution < 1.29 is 21.6 Å². The van der Waals surface area contributed by atoms with E-state index in [1.54, 1.807) is 12.1 Å². The van der Waals surface area contributed by atoms with Crippen molar-refractivity contribution in [2.45, 2.75) is 50.2 Å². The number of alkyl halides is 3. The maximum absolute atomic E-state index is 12.7. The first-order chi connectivity index (χ1) is 12.0. The van der Waals surface area contributed by atoms with E-state index in [9.17, 15) is 21.6 Å². The second kappa shape index (κ2) is 7.40. The maximum Gasteiger partial charge on any atom is 0.416 e. The van der Waals surface area contributed by atoms with Gasteiger partial charge in [-0.15, -0.1) is 0 Å². The first-order valence-electron chi connectivity index (χ1n) is 8.22. The third-order valence-corrected chi connectivity index (χ3v) is 5.97. The second-order valence-electron chi connectivity index (χ2n) is 6.78. The molecule has 0 atom stereocenters. The summed E-state index contributed by atoms with van der Waals surface area (Å²) in [6, 6.07) is 11.2. The van der Waals surface area contributed by atoms with E-state index >= 15 is 0 Å². The van der Waals surface area contributed by atoms with Crippen LogP contribution < -0.4 is 4.72 Å². The lowest BCUT2D eigenvalue weighted by atomic mass is 9.82. The number of nitrogens with one attached hydrogen (secondary N) is 1. The van der Waals surface area contributed by atoms with Crippen LogP contribution in [0.3, 0.4) is 0 Å². The number of benzene rings is 2. The van der Waals surface area contributed by atoms with Gasteiger partial charge in [-0.3, -0.25) is 0 Å². The summed E-state index contributed by atoms with van der Waals surface area (Å²) in [4.78, 5) is 0.0835. The maximum atomic E-state index is 12.7. The SMILES string of the molecule is CCC(C)(C)c1ccc(S(=O)(=O)NCc2cccc(C(F)(F)F)c2)cc1. The predicted octanol–water partition coefficient (Wildman–Crippen LogP) is 4.87. The van der Waals surface area contributed by atoms with Crippen LogP contribution in [0.4, 0.5) is 13.2 Å². The van der Waals surface area contributed by atoms with E-state index in [-0.39, 0.29) is 22.4 Å².